The number of carbonyl (C=O) groups excluding carboxylic acids is 3. The van der Waals surface area contributed by atoms with Crippen molar-refractivity contribution in [1.29, 1.82) is 0 Å². The molecule has 0 radical (unpaired) electrons. The van der Waals surface area contributed by atoms with E-state index in [0.717, 1.165) is 6.92 Å². The van der Waals surface area contributed by atoms with Gasteiger partial charge >= 0.3 is 11.9 Å². The van der Waals surface area contributed by atoms with E-state index in [1.807, 2.05) is 0 Å². The minimum atomic E-state index is -1.20. The van der Waals surface area contributed by atoms with E-state index in [1.165, 1.54) is 12.1 Å². The summed E-state index contributed by atoms with van der Waals surface area (Å²) in [5.74, 6) is -3.69. The van der Waals surface area contributed by atoms with Crippen molar-refractivity contribution in [2.75, 3.05) is 14.1 Å². The quantitative estimate of drug-likeness (QED) is 0.499. The Kier molecular flexibility index (Phi) is 5.60. The number of nitrogens with zero attached hydrogens (tertiary/aromatic N) is 1. The molecular formula is C15H19NO5. The highest BCUT2D eigenvalue weighted by Crippen LogP contribution is 2.23. The van der Waals surface area contributed by atoms with Crippen LogP contribution in [0.1, 0.15) is 24.2 Å². The first-order chi connectivity index (χ1) is 9.75. The highest BCUT2D eigenvalue weighted by atomic mass is 16.6. The number of rotatable bonds is 5. The number of hydrogen-bond donors (Lipinski definition) is 1. The second kappa shape index (κ2) is 6.99. The first-order valence-corrected chi connectivity index (χ1v) is 6.46. The maximum atomic E-state index is 12.5. The van der Waals surface area contributed by atoms with Crippen LogP contribution in [-0.2, 0) is 14.3 Å². The van der Waals surface area contributed by atoms with Gasteiger partial charge in [0, 0.05) is 13.0 Å². The molecule has 2 atom stereocenters. The van der Waals surface area contributed by atoms with Crippen molar-refractivity contribution in [3.63, 3.8) is 0 Å². The van der Waals surface area contributed by atoms with E-state index in [-0.39, 0.29) is 11.3 Å². The van der Waals surface area contributed by atoms with Crippen molar-refractivity contribution in [2.45, 2.75) is 19.9 Å². The molecule has 1 aromatic rings. The number of ketones is 1. The molecule has 0 heterocycles. The zero-order valence-corrected chi connectivity index (χ0v) is 12.5. The molecule has 21 heavy (non-hydrogen) atoms. The van der Waals surface area contributed by atoms with Crippen molar-refractivity contribution < 1.29 is 24.2 Å². The number of carbonyl (C=O) groups is 3. The number of esters is 2. The van der Waals surface area contributed by atoms with Crippen LogP contribution < -0.4 is 0 Å². The van der Waals surface area contributed by atoms with E-state index in [4.69, 9.17) is 0 Å². The van der Waals surface area contributed by atoms with Gasteiger partial charge in [-0.15, -0.1) is 0 Å². The van der Waals surface area contributed by atoms with E-state index < -0.39 is 29.7 Å². The van der Waals surface area contributed by atoms with Crippen molar-refractivity contribution in [3.05, 3.63) is 29.8 Å². The number of Topliss-reactive ketones (excluding diaryl/α,β-unsaturated/α-hetero) is 1. The SMILES string of the molecule is CC(=O)OC(=O)C(C(=O)c1ccccc1O)C(C)N(C)C. The van der Waals surface area contributed by atoms with Crippen LogP contribution >= 0.6 is 0 Å². The Bertz CT molecular complexity index is 553. The van der Waals surface area contributed by atoms with Crippen LogP contribution in [0.2, 0.25) is 0 Å². The lowest BCUT2D eigenvalue weighted by Gasteiger charge is -2.26. The van der Waals surface area contributed by atoms with Crippen LogP contribution in [-0.4, -0.2) is 47.9 Å². The van der Waals surface area contributed by atoms with E-state index in [0.29, 0.717) is 0 Å². The Hall–Kier alpha value is -2.21. The summed E-state index contributed by atoms with van der Waals surface area (Å²) in [5, 5.41) is 9.76. The van der Waals surface area contributed by atoms with Gasteiger partial charge < -0.3 is 14.7 Å². The van der Waals surface area contributed by atoms with Crippen molar-refractivity contribution in [1.82, 2.24) is 4.90 Å². The van der Waals surface area contributed by atoms with Crippen LogP contribution in [0.4, 0.5) is 0 Å². The number of phenols is 1. The van der Waals surface area contributed by atoms with Crippen molar-refractivity contribution in [2.24, 2.45) is 5.92 Å². The normalized spacial score (nSPS) is 13.6. The third-order valence-electron chi connectivity index (χ3n) is 3.25. The lowest BCUT2D eigenvalue weighted by atomic mass is 9.90. The van der Waals surface area contributed by atoms with E-state index in [2.05, 4.69) is 4.74 Å². The molecule has 0 amide bonds. The van der Waals surface area contributed by atoms with Crippen LogP contribution in [0.5, 0.6) is 5.75 Å². The molecule has 0 aliphatic carbocycles. The third kappa shape index (κ3) is 4.13. The van der Waals surface area contributed by atoms with Gasteiger partial charge in [0.2, 0.25) is 0 Å². The summed E-state index contributed by atoms with van der Waals surface area (Å²) in [5.41, 5.74) is 0.0247. The summed E-state index contributed by atoms with van der Waals surface area (Å²) >= 11 is 0. The molecule has 2 unspecified atom stereocenters. The molecule has 0 spiro atoms. The number of phenolic OH excluding ortho intramolecular Hbond substituents is 1. The molecule has 1 aromatic carbocycles. The van der Waals surface area contributed by atoms with Gasteiger partial charge in [-0.3, -0.25) is 14.4 Å². The topological polar surface area (TPSA) is 83.9 Å². The van der Waals surface area contributed by atoms with Crippen LogP contribution in [0.15, 0.2) is 24.3 Å². The summed E-state index contributed by atoms with van der Waals surface area (Å²) in [7, 11) is 3.41. The third-order valence-corrected chi connectivity index (χ3v) is 3.25. The zero-order valence-electron chi connectivity index (χ0n) is 12.5. The predicted molar refractivity (Wildman–Crippen MR) is 75.8 cm³/mol. The number of aromatic hydroxyl groups is 1. The number of hydrogen-bond acceptors (Lipinski definition) is 6. The standard InChI is InChI=1S/C15H19NO5/c1-9(16(3)4)13(15(20)21-10(2)17)14(19)11-7-5-6-8-12(11)18/h5-9,13,18H,1-4H3. The molecule has 0 aromatic heterocycles. The molecule has 0 aliphatic heterocycles. The lowest BCUT2D eigenvalue weighted by Crippen LogP contribution is -2.43. The summed E-state index contributed by atoms with van der Waals surface area (Å²) in [6.45, 7) is 2.77. The van der Waals surface area contributed by atoms with Gasteiger partial charge in [0.1, 0.15) is 11.7 Å². The first kappa shape index (κ1) is 16.8. The fraction of sp³-hybridized carbons (Fsp3) is 0.400. The molecular weight excluding hydrogens is 274 g/mol. The fourth-order valence-electron chi connectivity index (χ4n) is 1.88. The highest BCUT2D eigenvalue weighted by Gasteiger charge is 2.37. The van der Waals surface area contributed by atoms with Gasteiger partial charge in [0.15, 0.2) is 5.78 Å². The van der Waals surface area contributed by atoms with Gasteiger partial charge in [0.25, 0.3) is 0 Å². The molecule has 1 N–H and O–H groups in total. The second-order valence-electron chi connectivity index (χ2n) is 4.98. The summed E-state index contributed by atoms with van der Waals surface area (Å²) in [4.78, 5) is 37.2. The summed E-state index contributed by atoms with van der Waals surface area (Å²) < 4.78 is 4.56. The minimum Gasteiger partial charge on any atom is -0.507 e. The second-order valence-corrected chi connectivity index (χ2v) is 4.98. The van der Waals surface area contributed by atoms with Crippen molar-refractivity contribution >= 4 is 17.7 Å². The molecule has 6 heteroatoms. The van der Waals surface area contributed by atoms with E-state index >= 15 is 0 Å². The van der Waals surface area contributed by atoms with Crippen LogP contribution in [0, 0.1) is 5.92 Å². The molecule has 0 saturated heterocycles. The summed E-state index contributed by atoms with van der Waals surface area (Å²) in [6.07, 6.45) is 0. The maximum Gasteiger partial charge on any atom is 0.326 e. The highest BCUT2D eigenvalue weighted by molar-refractivity contribution is 6.11. The Morgan fingerprint density at radius 3 is 2.24 bits per heavy atom. The Labute approximate surface area is 123 Å². The number of benzene rings is 1. The van der Waals surface area contributed by atoms with E-state index in [9.17, 15) is 19.5 Å². The van der Waals surface area contributed by atoms with Gasteiger partial charge in [-0.1, -0.05) is 12.1 Å². The van der Waals surface area contributed by atoms with Crippen LogP contribution in [0.3, 0.4) is 0 Å². The Morgan fingerprint density at radius 2 is 1.76 bits per heavy atom. The largest absolute Gasteiger partial charge is 0.507 e. The smallest absolute Gasteiger partial charge is 0.326 e. The molecule has 0 aliphatic rings. The molecule has 0 saturated carbocycles. The van der Waals surface area contributed by atoms with Gasteiger partial charge in [-0.2, -0.15) is 0 Å². The molecule has 114 valence electrons. The zero-order chi connectivity index (χ0) is 16.2. The Balaban J connectivity index is 3.18. The molecule has 0 fully saturated rings. The predicted octanol–water partition coefficient (Wildman–Crippen LogP) is 1.23. The molecule has 6 nitrogen and oxygen atoms in total. The molecule has 1 rings (SSSR count). The monoisotopic (exact) mass is 293 g/mol. The van der Waals surface area contributed by atoms with Gasteiger partial charge in [-0.05, 0) is 33.2 Å². The minimum absolute atomic E-state index is 0.0247. The van der Waals surface area contributed by atoms with Crippen molar-refractivity contribution in [3.8, 4) is 5.75 Å². The maximum absolute atomic E-state index is 12.5. The fourth-order valence-corrected chi connectivity index (χ4v) is 1.88. The summed E-state index contributed by atoms with van der Waals surface area (Å²) in [6, 6.07) is 5.45. The Morgan fingerprint density at radius 1 is 1.19 bits per heavy atom. The average Bonchev–Trinajstić information content (AvgIpc) is 2.38. The number of para-hydroxylation sites is 1. The first-order valence-electron chi connectivity index (χ1n) is 6.46. The van der Waals surface area contributed by atoms with Gasteiger partial charge in [-0.25, -0.2) is 0 Å². The lowest BCUT2D eigenvalue weighted by molar-refractivity contribution is -0.160. The van der Waals surface area contributed by atoms with Gasteiger partial charge in [0.05, 0.1) is 5.56 Å². The number of ether oxygens (including phenoxy) is 1. The van der Waals surface area contributed by atoms with Crippen LogP contribution in [0.25, 0.3) is 0 Å². The molecule has 0 bridgehead atoms. The average molecular weight is 293 g/mol. The van der Waals surface area contributed by atoms with E-state index in [1.54, 1.807) is 38.1 Å².